The molecule has 1 radical (unpaired) electrons. The summed E-state index contributed by atoms with van der Waals surface area (Å²) in [6, 6.07) is 7.29. The average molecular weight is 310 g/mol. The molecule has 7 nitrogen and oxygen atoms in total. The highest BCUT2D eigenvalue weighted by Crippen LogP contribution is 2.29. The van der Waals surface area contributed by atoms with Crippen molar-refractivity contribution >= 4 is 17.1 Å². The molecule has 3 N–H and O–H groups in total. The molecule has 2 aromatic heterocycles. The Balaban J connectivity index is 2.08. The van der Waals surface area contributed by atoms with E-state index in [0.29, 0.717) is 29.9 Å². The van der Waals surface area contributed by atoms with Crippen LogP contribution in [0.4, 0.5) is 5.69 Å². The topological polar surface area (TPSA) is 94.5 Å². The first-order chi connectivity index (χ1) is 11.2. The van der Waals surface area contributed by atoms with Gasteiger partial charge in [0.25, 0.3) is 5.91 Å². The van der Waals surface area contributed by atoms with Gasteiger partial charge in [-0.3, -0.25) is 4.79 Å². The van der Waals surface area contributed by atoms with E-state index in [9.17, 15) is 4.79 Å². The number of nitrogen functional groups attached to an aromatic ring is 1. The van der Waals surface area contributed by atoms with E-state index in [1.54, 1.807) is 30.0 Å². The monoisotopic (exact) mass is 310 g/mol. The number of fused-ring (bicyclic) bond motifs is 1. The maximum Gasteiger partial charge on any atom is 0.253 e. The van der Waals surface area contributed by atoms with E-state index in [0.717, 1.165) is 11.1 Å². The summed E-state index contributed by atoms with van der Waals surface area (Å²) in [5, 5.41) is 6.95. The van der Waals surface area contributed by atoms with Crippen LogP contribution < -0.4 is 11.1 Å². The lowest BCUT2D eigenvalue weighted by atomic mass is 10.0. The van der Waals surface area contributed by atoms with Gasteiger partial charge < -0.3 is 15.8 Å². The Hall–Kier alpha value is -2.93. The van der Waals surface area contributed by atoms with Crippen molar-refractivity contribution in [2.75, 3.05) is 26.0 Å². The molecule has 0 unspecified atom stereocenters. The van der Waals surface area contributed by atoms with Crippen LogP contribution in [0.25, 0.3) is 16.6 Å². The molecule has 0 spiro atoms. The highest BCUT2D eigenvalue weighted by atomic mass is 16.5. The summed E-state index contributed by atoms with van der Waals surface area (Å²) in [5.41, 5.74) is 9.11. The first-order valence-corrected chi connectivity index (χ1v) is 7.08. The standard InChI is InChI=1S/C16H16N5O2/c1-23-7-6-19-16(22)13-9-21-14(8-18-10-20-21)15(13)11-2-4-12(17)5-3-11/h2-5,9-10H,6-7,17H2,1H3,(H,19,22). The summed E-state index contributed by atoms with van der Waals surface area (Å²) in [6.45, 7) is 0.875. The minimum Gasteiger partial charge on any atom is -0.399 e. The Bertz CT molecular complexity index is 826. The van der Waals surface area contributed by atoms with Gasteiger partial charge in [-0.2, -0.15) is 5.10 Å². The average Bonchev–Trinajstić information content (AvgIpc) is 2.95. The first kappa shape index (κ1) is 15.0. The van der Waals surface area contributed by atoms with Gasteiger partial charge in [-0.15, -0.1) is 0 Å². The number of carbonyl (C=O) groups excluding carboxylic acids is 1. The Kier molecular flexibility index (Phi) is 4.20. The van der Waals surface area contributed by atoms with Gasteiger partial charge >= 0.3 is 0 Å². The molecule has 7 heteroatoms. The number of ether oxygens (including phenoxy) is 1. The van der Waals surface area contributed by atoms with Gasteiger partial charge in [0, 0.05) is 31.1 Å². The third kappa shape index (κ3) is 3.00. The van der Waals surface area contributed by atoms with Crippen LogP contribution in [-0.4, -0.2) is 40.8 Å². The summed E-state index contributed by atoms with van der Waals surface area (Å²) in [6.07, 6.45) is 5.94. The zero-order valence-electron chi connectivity index (χ0n) is 12.6. The lowest BCUT2D eigenvalue weighted by Gasteiger charge is -2.06. The largest absolute Gasteiger partial charge is 0.399 e. The molecular formula is C16H16N5O2. The number of amides is 1. The molecule has 117 valence electrons. The molecule has 1 aromatic carbocycles. The smallest absolute Gasteiger partial charge is 0.253 e. The van der Waals surface area contributed by atoms with Crippen molar-refractivity contribution in [2.24, 2.45) is 0 Å². The molecule has 2 heterocycles. The van der Waals surface area contributed by atoms with Gasteiger partial charge in [0.1, 0.15) is 18.0 Å². The molecular weight excluding hydrogens is 294 g/mol. The van der Waals surface area contributed by atoms with Gasteiger partial charge in [-0.1, -0.05) is 12.1 Å². The first-order valence-electron chi connectivity index (χ1n) is 7.08. The maximum atomic E-state index is 12.5. The highest BCUT2D eigenvalue weighted by molar-refractivity contribution is 6.05. The van der Waals surface area contributed by atoms with E-state index in [4.69, 9.17) is 10.5 Å². The number of methoxy groups -OCH3 is 1. The lowest BCUT2D eigenvalue weighted by molar-refractivity contribution is 0.0938. The van der Waals surface area contributed by atoms with Crippen LogP contribution >= 0.6 is 0 Å². The fourth-order valence-electron chi connectivity index (χ4n) is 2.34. The number of rotatable bonds is 5. The highest BCUT2D eigenvalue weighted by Gasteiger charge is 2.19. The molecule has 0 fully saturated rings. The van der Waals surface area contributed by atoms with Gasteiger partial charge in [0.05, 0.1) is 12.2 Å². The van der Waals surface area contributed by atoms with Crippen LogP contribution in [-0.2, 0) is 4.74 Å². The van der Waals surface area contributed by atoms with Gasteiger partial charge in [-0.25, -0.2) is 9.50 Å². The Labute approximate surface area is 133 Å². The molecule has 0 bridgehead atoms. The minimum atomic E-state index is -0.201. The quantitative estimate of drug-likeness (QED) is 0.544. The molecule has 0 saturated heterocycles. The zero-order chi connectivity index (χ0) is 16.2. The number of aromatic nitrogens is 3. The predicted molar refractivity (Wildman–Crippen MR) is 85.9 cm³/mol. The Morgan fingerprint density at radius 1 is 1.39 bits per heavy atom. The summed E-state index contributed by atoms with van der Waals surface area (Å²) in [7, 11) is 1.59. The van der Waals surface area contributed by atoms with E-state index in [2.05, 4.69) is 21.6 Å². The fraction of sp³-hybridized carbons (Fsp3) is 0.188. The van der Waals surface area contributed by atoms with E-state index in [-0.39, 0.29) is 5.91 Å². The molecule has 0 aliphatic heterocycles. The van der Waals surface area contributed by atoms with Crippen molar-refractivity contribution in [3.8, 4) is 11.1 Å². The number of benzene rings is 1. The molecule has 23 heavy (non-hydrogen) atoms. The van der Waals surface area contributed by atoms with Crippen molar-refractivity contribution in [1.82, 2.24) is 19.9 Å². The SMILES string of the molecule is COCCNC(=O)c1cn2ncn[c]c2c1-c1ccc(N)cc1. The number of nitrogens with zero attached hydrogens (tertiary/aromatic N) is 3. The normalized spacial score (nSPS) is 10.8. The fourth-order valence-corrected chi connectivity index (χ4v) is 2.34. The Morgan fingerprint density at radius 3 is 2.91 bits per heavy atom. The van der Waals surface area contributed by atoms with Crippen molar-refractivity contribution < 1.29 is 9.53 Å². The van der Waals surface area contributed by atoms with E-state index >= 15 is 0 Å². The summed E-state index contributed by atoms with van der Waals surface area (Å²) >= 11 is 0. The van der Waals surface area contributed by atoms with Gasteiger partial charge in [0.2, 0.25) is 0 Å². The van der Waals surface area contributed by atoms with E-state index < -0.39 is 0 Å². The number of nitrogens with two attached hydrogens (primary N) is 1. The van der Waals surface area contributed by atoms with Crippen molar-refractivity contribution in [3.05, 3.63) is 48.5 Å². The molecule has 3 aromatic rings. The van der Waals surface area contributed by atoms with Crippen LogP contribution in [0.15, 0.2) is 36.8 Å². The molecule has 0 saturated carbocycles. The number of nitrogens with one attached hydrogen (secondary N) is 1. The molecule has 0 aliphatic carbocycles. The predicted octanol–water partition coefficient (Wildman–Crippen LogP) is 1.15. The van der Waals surface area contributed by atoms with Crippen LogP contribution in [0.2, 0.25) is 0 Å². The van der Waals surface area contributed by atoms with Gasteiger partial charge in [0.15, 0.2) is 0 Å². The second-order valence-corrected chi connectivity index (χ2v) is 4.95. The minimum absolute atomic E-state index is 0.201. The van der Waals surface area contributed by atoms with Crippen LogP contribution in [0.1, 0.15) is 10.4 Å². The van der Waals surface area contributed by atoms with Crippen LogP contribution in [0, 0.1) is 6.20 Å². The van der Waals surface area contributed by atoms with Crippen molar-refractivity contribution in [3.63, 3.8) is 0 Å². The van der Waals surface area contributed by atoms with Crippen molar-refractivity contribution in [2.45, 2.75) is 0 Å². The van der Waals surface area contributed by atoms with Crippen LogP contribution in [0.3, 0.4) is 0 Å². The molecule has 1 amide bonds. The zero-order valence-corrected chi connectivity index (χ0v) is 12.6. The Morgan fingerprint density at radius 2 is 2.17 bits per heavy atom. The maximum absolute atomic E-state index is 12.5. The summed E-state index contributed by atoms with van der Waals surface area (Å²) in [4.78, 5) is 16.4. The van der Waals surface area contributed by atoms with Gasteiger partial charge in [-0.05, 0) is 17.7 Å². The second-order valence-electron chi connectivity index (χ2n) is 4.95. The van der Waals surface area contributed by atoms with E-state index in [1.165, 1.54) is 6.33 Å². The molecule has 0 atom stereocenters. The molecule has 3 rings (SSSR count). The third-order valence-electron chi connectivity index (χ3n) is 3.43. The second kappa shape index (κ2) is 6.45. The van der Waals surface area contributed by atoms with Crippen LogP contribution in [0.5, 0.6) is 0 Å². The number of hydrogen-bond acceptors (Lipinski definition) is 5. The van der Waals surface area contributed by atoms with E-state index in [1.807, 2.05) is 12.1 Å². The molecule has 0 aliphatic rings. The lowest BCUT2D eigenvalue weighted by Crippen LogP contribution is -2.27. The summed E-state index contributed by atoms with van der Waals surface area (Å²) < 4.78 is 6.54. The summed E-state index contributed by atoms with van der Waals surface area (Å²) in [5.74, 6) is -0.201. The number of anilines is 1. The number of carbonyl (C=O) groups is 1. The third-order valence-corrected chi connectivity index (χ3v) is 3.43. The number of hydrogen-bond donors (Lipinski definition) is 2. The van der Waals surface area contributed by atoms with Crippen molar-refractivity contribution in [1.29, 1.82) is 0 Å².